The molecule has 1 unspecified atom stereocenters. The number of aliphatic hydroxyl groups excluding tert-OH is 1. The molecule has 1 saturated heterocycles. The first kappa shape index (κ1) is 20.4. The highest BCUT2D eigenvalue weighted by Gasteiger charge is 2.31. The third-order valence-corrected chi connectivity index (χ3v) is 4.33. The molecular formula is C18H26F3N3O2. The van der Waals surface area contributed by atoms with Crippen LogP contribution in [0.25, 0.3) is 0 Å². The molecule has 1 fully saturated rings. The fourth-order valence-electron chi connectivity index (χ4n) is 2.82. The van der Waals surface area contributed by atoms with Crippen molar-refractivity contribution in [3.63, 3.8) is 0 Å². The number of piperidine rings is 1. The number of rotatable bonds is 5. The van der Waals surface area contributed by atoms with Crippen LogP contribution in [0.5, 0.6) is 5.75 Å². The maximum atomic E-state index is 12.2. The summed E-state index contributed by atoms with van der Waals surface area (Å²) in [4.78, 5) is 6.67. The van der Waals surface area contributed by atoms with Gasteiger partial charge in [0.05, 0.1) is 12.6 Å². The number of alkyl halides is 3. The lowest BCUT2D eigenvalue weighted by atomic mass is 9.99. The molecule has 0 spiro atoms. The highest BCUT2D eigenvalue weighted by Crippen LogP contribution is 2.24. The third-order valence-electron chi connectivity index (χ3n) is 4.33. The largest absolute Gasteiger partial charge is 0.573 e. The molecule has 1 aliphatic rings. The van der Waals surface area contributed by atoms with E-state index in [0.29, 0.717) is 11.5 Å². The van der Waals surface area contributed by atoms with Crippen LogP contribution < -0.4 is 10.1 Å². The summed E-state index contributed by atoms with van der Waals surface area (Å²) < 4.78 is 40.4. The van der Waals surface area contributed by atoms with E-state index in [1.165, 1.54) is 24.3 Å². The molecular weight excluding hydrogens is 347 g/mol. The summed E-state index contributed by atoms with van der Waals surface area (Å²) in [5, 5.41) is 13.5. The molecule has 26 heavy (non-hydrogen) atoms. The van der Waals surface area contributed by atoms with Gasteiger partial charge in [0.15, 0.2) is 5.96 Å². The van der Waals surface area contributed by atoms with Crippen LogP contribution in [0.4, 0.5) is 13.2 Å². The zero-order chi connectivity index (χ0) is 19.2. The second-order valence-electron chi connectivity index (χ2n) is 6.50. The summed E-state index contributed by atoms with van der Waals surface area (Å²) in [5.41, 5.74) is 0.492. The Morgan fingerprint density at radius 1 is 1.31 bits per heavy atom. The van der Waals surface area contributed by atoms with Gasteiger partial charge in [-0.05, 0) is 43.4 Å². The van der Waals surface area contributed by atoms with Crippen molar-refractivity contribution in [1.29, 1.82) is 0 Å². The van der Waals surface area contributed by atoms with E-state index in [1.54, 1.807) is 0 Å². The maximum absolute atomic E-state index is 12.2. The van der Waals surface area contributed by atoms with Gasteiger partial charge in [-0.2, -0.15) is 0 Å². The second kappa shape index (κ2) is 9.12. The molecule has 1 aliphatic heterocycles. The van der Waals surface area contributed by atoms with Crippen molar-refractivity contribution in [3.05, 3.63) is 29.8 Å². The number of hydrogen-bond acceptors (Lipinski definition) is 3. The van der Waals surface area contributed by atoms with Gasteiger partial charge in [-0.15, -0.1) is 13.2 Å². The Morgan fingerprint density at radius 2 is 1.92 bits per heavy atom. The minimum absolute atomic E-state index is 0.133. The normalized spacial score (nSPS) is 17.9. The first-order valence-corrected chi connectivity index (χ1v) is 8.85. The predicted molar refractivity (Wildman–Crippen MR) is 94.0 cm³/mol. The molecule has 0 saturated carbocycles. The van der Waals surface area contributed by atoms with Gasteiger partial charge in [0, 0.05) is 19.6 Å². The van der Waals surface area contributed by atoms with Crippen LogP contribution >= 0.6 is 0 Å². The summed E-state index contributed by atoms with van der Waals surface area (Å²) in [6.07, 6.45) is -3.41. The van der Waals surface area contributed by atoms with Crippen LogP contribution in [0, 0.1) is 5.92 Å². The molecule has 0 radical (unpaired) electrons. The van der Waals surface area contributed by atoms with E-state index < -0.39 is 12.5 Å². The lowest BCUT2D eigenvalue weighted by molar-refractivity contribution is -0.274. The van der Waals surface area contributed by atoms with Crippen molar-refractivity contribution in [2.45, 2.75) is 39.2 Å². The molecule has 0 aromatic heterocycles. The molecule has 5 nitrogen and oxygen atoms in total. The van der Waals surface area contributed by atoms with E-state index >= 15 is 0 Å². The molecule has 2 N–H and O–H groups in total. The number of likely N-dealkylation sites (tertiary alicyclic amines) is 1. The number of nitrogens with one attached hydrogen (secondary N) is 1. The Kier molecular flexibility index (Phi) is 7.14. The van der Waals surface area contributed by atoms with Gasteiger partial charge < -0.3 is 20.1 Å². The van der Waals surface area contributed by atoms with Crippen LogP contribution in [0.3, 0.4) is 0 Å². The molecule has 0 amide bonds. The lowest BCUT2D eigenvalue weighted by Crippen LogP contribution is -2.45. The van der Waals surface area contributed by atoms with Gasteiger partial charge in [-0.3, -0.25) is 4.99 Å². The Morgan fingerprint density at radius 3 is 2.46 bits per heavy atom. The molecule has 2 rings (SSSR count). The highest BCUT2D eigenvalue weighted by atomic mass is 19.4. The van der Waals surface area contributed by atoms with Gasteiger partial charge in [0.25, 0.3) is 0 Å². The van der Waals surface area contributed by atoms with Gasteiger partial charge in [-0.1, -0.05) is 19.1 Å². The van der Waals surface area contributed by atoms with Gasteiger partial charge >= 0.3 is 6.36 Å². The van der Waals surface area contributed by atoms with Crippen LogP contribution in [0.1, 0.15) is 38.4 Å². The number of aliphatic imine (C=N–C) groups is 1. The minimum Gasteiger partial charge on any atom is -0.406 e. The number of ether oxygens (including phenoxy) is 1. The van der Waals surface area contributed by atoms with Crippen molar-refractivity contribution in [2.75, 3.05) is 26.2 Å². The van der Waals surface area contributed by atoms with Gasteiger partial charge in [0.2, 0.25) is 0 Å². The minimum atomic E-state index is -4.73. The SMILES string of the molecule is CCNC(=NCC(O)c1ccc(OC(F)(F)F)cc1)N1CCC(C)CC1. The molecule has 0 bridgehead atoms. The van der Waals surface area contributed by atoms with E-state index in [1.807, 2.05) is 6.92 Å². The zero-order valence-corrected chi connectivity index (χ0v) is 15.1. The number of hydrogen-bond donors (Lipinski definition) is 2. The second-order valence-corrected chi connectivity index (χ2v) is 6.50. The Balaban J connectivity index is 1.97. The first-order valence-electron chi connectivity index (χ1n) is 8.85. The van der Waals surface area contributed by atoms with Gasteiger partial charge in [-0.25, -0.2) is 0 Å². The molecule has 1 aromatic rings. The Bertz CT molecular complexity index is 582. The number of guanidine groups is 1. The van der Waals surface area contributed by atoms with E-state index in [4.69, 9.17) is 0 Å². The third kappa shape index (κ3) is 6.40. The lowest BCUT2D eigenvalue weighted by Gasteiger charge is -2.33. The number of benzene rings is 1. The molecule has 8 heteroatoms. The summed E-state index contributed by atoms with van der Waals surface area (Å²) in [5.74, 6) is 1.15. The van der Waals surface area contributed by atoms with Crippen LogP contribution in [0.15, 0.2) is 29.3 Å². The molecule has 146 valence electrons. The topological polar surface area (TPSA) is 57.1 Å². The molecule has 1 heterocycles. The van der Waals surface area contributed by atoms with Crippen LogP contribution in [-0.2, 0) is 0 Å². The van der Waals surface area contributed by atoms with Crippen molar-refractivity contribution >= 4 is 5.96 Å². The zero-order valence-electron chi connectivity index (χ0n) is 15.1. The van der Waals surface area contributed by atoms with Crippen molar-refractivity contribution in [3.8, 4) is 5.75 Å². The first-order chi connectivity index (χ1) is 12.3. The fraction of sp³-hybridized carbons (Fsp3) is 0.611. The van der Waals surface area contributed by atoms with Crippen LogP contribution in [-0.4, -0.2) is 48.5 Å². The van der Waals surface area contributed by atoms with Crippen molar-refractivity contribution in [1.82, 2.24) is 10.2 Å². The number of halogens is 3. The average molecular weight is 373 g/mol. The molecule has 1 aromatic carbocycles. The predicted octanol–water partition coefficient (Wildman–Crippen LogP) is 3.32. The molecule has 0 aliphatic carbocycles. The molecule has 1 atom stereocenters. The summed E-state index contributed by atoms with van der Waals surface area (Å²) in [6.45, 7) is 6.92. The van der Waals surface area contributed by atoms with Gasteiger partial charge in [0.1, 0.15) is 5.75 Å². The summed E-state index contributed by atoms with van der Waals surface area (Å²) >= 11 is 0. The highest BCUT2D eigenvalue weighted by molar-refractivity contribution is 5.80. The van der Waals surface area contributed by atoms with E-state index in [0.717, 1.165) is 38.4 Å². The smallest absolute Gasteiger partial charge is 0.406 e. The number of aliphatic hydroxyl groups is 1. The van der Waals surface area contributed by atoms with Crippen LogP contribution in [0.2, 0.25) is 0 Å². The van der Waals surface area contributed by atoms with E-state index in [9.17, 15) is 18.3 Å². The van der Waals surface area contributed by atoms with Crippen molar-refractivity contribution in [2.24, 2.45) is 10.9 Å². The van der Waals surface area contributed by atoms with Crippen molar-refractivity contribution < 1.29 is 23.0 Å². The Labute approximate surface area is 151 Å². The quantitative estimate of drug-likeness (QED) is 0.614. The summed E-state index contributed by atoms with van der Waals surface area (Å²) in [7, 11) is 0. The summed E-state index contributed by atoms with van der Waals surface area (Å²) in [6, 6.07) is 5.20. The maximum Gasteiger partial charge on any atom is 0.573 e. The van der Waals surface area contributed by atoms with E-state index in [2.05, 4.69) is 26.9 Å². The average Bonchev–Trinajstić information content (AvgIpc) is 2.58. The monoisotopic (exact) mass is 373 g/mol. The Hall–Kier alpha value is -1.96. The number of nitrogens with zero attached hydrogens (tertiary/aromatic N) is 2. The van der Waals surface area contributed by atoms with E-state index in [-0.39, 0.29) is 12.3 Å². The standard InChI is InChI=1S/C18H26F3N3O2/c1-3-22-17(24-10-8-13(2)9-11-24)23-12-16(25)14-4-6-15(7-5-14)26-18(19,20)21/h4-7,13,16,25H,3,8-12H2,1-2H3,(H,22,23). The fourth-order valence-corrected chi connectivity index (χ4v) is 2.82.